The molecule has 0 spiro atoms. The van der Waals surface area contributed by atoms with Crippen molar-refractivity contribution in [3.63, 3.8) is 0 Å². The third kappa shape index (κ3) is 3.30. The summed E-state index contributed by atoms with van der Waals surface area (Å²) in [6, 6.07) is 7.94. The summed E-state index contributed by atoms with van der Waals surface area (Å²) >= 11 is 0. The molecule has 1 N–H and O–H groups in total. The molecule has 0 aliphatic rings. The molecule has 76 valence electrons. The highest BCUT2D eigenvalue weighted by Gasteiger charge is 1.98. The quantitative estimate of drug-likeness (QED) is 0.733. The van der Waals surface area contributed by atoms with Crippen LogP contribution in [0.5, 0.6) is 0 Å². The van der Waals surface area contributed by atoms with Gasteiger partial charge < -0.3 is 10.1 Å². The maximum absolute atomic E-state index is 6.90. The molecule has 0 aliphatic heterocycles. The van der Waals surface area contributed by atoms with Crippen molar-refractivity contribution in [3.05, 3.63) is 35.4 Å². The van der Waals surface area contributed by atoms with Crippen LogP contribution in [0.15, 0.2) is 24.3 Å². The number of hydrogen-bond donors (Lipinski definition) is 1. The Kier molecular flexibility index (Phi) is 3.30. The van der Waals surface area contributed by atoms with E-state index in [2.05, 4.69) is 5.40 Å². The molecule has 1 aromatic carbocycles. The minimum absolute atomic E-state index is 0.251. The molecule has 0 radical (unpaired) electrons. The lowest BCUT2D eigenvalue weighted by molar-refractivity contribution is 0.0657. The molecule has 0 unspecified atom stereocenters. The Bertz CT molecular complexity index is 330. The summed E-state index contributed by atoms with van der Waals surface area (Å²) < 4.78 is 12.4. The Morgan fingerprint density at radius 2 is 2.07 bits per heavy atom. The van der Waals surface area contributed by atoms with Crippen molar-refractivity contribution in [3.8, 4) is 0 Å². The van der Waals surface area contributed by atoms with Crippen molar-refractivity contribution in [1.82, 2.24) is 0 Å². The fourth-order valence-electron chi connectivity index (χ4n) is 1.11. The van der Waals surface area contributed by atoms with Crippen LogP contribution >= 0.6 is 0 Å². The second kappa shape index (κ2) is 4.91. The van der Waals surface area contributed by atoms with E-state index in [0.29, 0.717) is 6.61 Å². The molecule has 0 heterocycles. The number of ether oxygens (including phenoxy) is 1. The Labute approximate surface area is 86.9 Å². The zero-order chi connectivity index (χ0) is 11.3. The second-order valence-electron chi connectivity index (χ2n) is 3.64. The van der Waals surface area contributed by atoms with Crippen molar-refractivity contribution in [1.29, 1.82) is 5.40 Å². The SMILES string of the molecule is [3H]N=C(C)c1ccc(COC(C)C)cc1. The van der Waals surface area contributed by atoms with Gasteiger partial charge in [0.1, 0.15) is 0 Å². The van der Waals surface area contributed by atoms with Crippen LogP contribution in [-0.2, 0) is 11.3 Å². The van der Waals surface area contributed by atoms with E-state index in [-0.39, 0.29) is 6.10 Å². The molecular formula is C12H17NO. The minimum Gasteiger partial charge on any atom is -0.374 e. The summed E-state index contributed by atoms with van der Waals surface area (Å²) in [6.07, 6.45) is 0.251. The summed E-state index contributed by atoms with van der Waals surface area (Å²) in [5, 5.41) is 3.40. The molecule has 1 rings (SSSR count). The van der Waals surface area contributed by atoms with Gasteiger partial charge in [-0.1, -0.05) is 24.3 Å². The highest BCUT2D eigenvalue weighted by Crippen LogP contribution is 2.07. The zero-order valence-corrected chi connectivity index (χ0v) is 8.95. The Hall–Kier alpha value is -1.15. The minimum atomic E-state index is 0.251. The van der Waals surface area contributed by atoms with Crippen molar-refractivity contribution in [2.24, 2.45) is 0 Å². The summed E-state index contributed by atoms with van der Waals surface area (Å²) in [6.45, 7) is 6.50. The molecule has 0 saturated heterocycles. The topological polar surface area (TPSA) is 33.1 Å². The van der Waals surface area contributed by atoms with Crippen LogP contribution in [0.3, 0.4) is 0 Å². The number of benzene rings is 1. The molecule has 0 bridgehead atoms. The van der Waals surface area contributed by atoms with Crippen molar-refractivity contribution in [2.75, 3.05) is 0 Å². The van der Waals surface area contributed by atoms with E-state index in [1.54, 1.807) is 0 Å². The van der Waals surface area contributed by atoms with Crippen LogP contribution < -0.4 is 0 Å². The van der Waals surface area contributed by atoms with Gasteiger partial charge in [-0.05, 0) is 31.9 Å². The molecule has 14 heavy (non-hydrogen) atoms. The fourth-order valence-corrected chi connectivity index (χ4v) is 1.11. The first-order valence-electron chi connectivity index (χ1n) is 5.27. The third-order valence-corrected chi connectivity index (χ3v) is 1.96. The lowest BCUT2D eigenvalue weighted by Crippen LogP contribution is -2.02. The van der Waals surface area contributed by atoms with E-state index >= 15 is 0 Å². The van der Waals surface area contributed by atoms with Gasteiger partial charge in [0.25, 0.3) is 0 Å². The molecular weight excluding hydrogens is 174 g/mol. The first-order chi connectivity index (χ1) is 7.13. The normalized spacial score (nSPS) is 13.1. The smallest absolute Gasteiger partial charge is 0.187 e. The first-order valence-corrected chi connectivity index (χ1v) is 4.83. The predicted molar refractivity (Wildman–Crippen MR) is 58.9 cm³/mol. The lowest BCUT2D eigenvalue weighted by Gasteiger charge is -2.07. The molecule has 0 atom stereocenters. The van der Waals surface area contributed by atoms with E-state index in [1.807, 2.05) is 45.0 Å². The van der Waals surface area contributed by atoms with Crippen LogP contribution in [0.4, 0.5) is 0 Å². The predicted octanol–water partition coefficient (Wildman–Crippen LogP) is 3.00. The molecule has 0 saturated carbocycles. The van der Waals surface area contributed by atoms with E-state index in [1.165, 1.54) is 0 Å². The number of rotatable bonds is 4. The standard InChI is InChI=1S/C12H17NO/c1-9(2)14-8-11-4-6-12(7-5-11)10(3)13/h4-7,9,13H,8H2,1-3H3/i/hT. The van der Waals surface area contributed by atoms with Crippen molar-refractivity contribution < 1.29 is 6.15 Å². The fraction of sp³-hybridized carbons (Fsp3) is 0.417. The third-order valence-electron chi connectivity index (χ3n) is 1.96. The summed E-state index contributed by atoms with van der Waals surface area (Å²) in [7, 11) is 0. The van der Waals surface area contributed by atoms with Gasteiger partial charge in [-0.25, -0.2) is 0 Å². The first kappa shape index (κ1) is 9.41. The van der Waals surface area contributed by atoms with Gasteiger partial charge in [-0.3, -0.25) is 0 Å². The van der Waals surface area contributed by atoms with Gasteiger partial charge in [-0.2, -0.15) is 0 Å². The lowest BCUT2D eigenvalue weighted by atomic mass is 10.1. The average molecular weight is 193 g/mol. The maximum atomic E-state index is 6.90. The largest absolute Gasteiger partial charge is 0.374 e. The molecule has 1 aromatic rings. The highest BCUT2D eigenvalue weighted by molar-refractivity contribution is 5.96. The average Bonchev–Trinajstić information content (AvgIpc) is 2.26. The zero-order valence-electron chi connectivity index (χ0n) is 9.95. The van der Waals surface area contributed by atoms with Gasteiger partial charge in [0.2, 0.25) is 0 Å². The number of nitrogens with one attached hydrogen (secondary N) is 1. The molecule has 0 aromatic heterocycles. The van der Waals surface area contributed by atoms with Gasteiger partial charge >= 0.3 is 0 Å². The van der Waals surface area contributed by atoms with E-state index in [4.69, 9.17) is 6.15 Å². The Balaban J connectivity index is 2.64. The van der Waals surface area contributed by atoms with Crippen molar-refractivity contribution >= 4 is 5.71 Å². The van der Waals surface area contributed by atoms with Crippen LogP contribution in [0, 0.1) is 5.40 Å². The maximum Gasteiger partial charge on any atom is 0.187 e. The van der Waals surface area contributed by atoms with E-state index in [9.17, 15) is 0 Å². The van der Waals surface area contributed by atoms with Gasteiger partial charge in [0, 0.05) is 5.71 Å². The van der Waals surface area contributed by atoms with E-state index in [0.717, 1.165) is 16.8 Å². The van der Waals surface area contributed by atoms with Gasteiger partial charge in [0.15, 0.2) is 1.41 Å². The van der Waals surface area contributed by atoms with E-state index < -0.39 is 0 Å². The van der Waals surface area contributed by atoms with Crippen LogP contribution in [0.1, 0.15) is 31.9 Å². The molecule has 2 nitrogen and oxygen atoms in total. The Morgan fingerprint density at radius 3 is 2.57 bits per heavy atom. The van der Waals surface area contributed by atoms with Crippen LogP contribution in [0.2, 0.25) is 1.41 Å². The van der Waals surface area contributed by atoms with Crippen molar-refractivity contribution in [2.45, 2.75) is 33.5 Å². The summed E-state index contributed by atoms with van der Waals surface area (Å²) in [5.41, 5.74) is 2.86. The van der Waals surface area contributed by atoms with Crippen LogP contribution in [-0.4, -0.2) is 11.8 Å². The van der Waals surface area contributed by atoms with Crippen LogP contribution in [0.25, 0.3) is 0 Å². The molecule has 0 aliphatic carbocycles. The second-order valence-corrected chi connectivity index (χ2v) is 3.64. The monoisotopic (exact) mass is 193 g/mol. The molecule has 0 fully saturated rings. The Morgan fingerprint density at radius 1 is 1.43 bits per heavy atom. The highest BCUT2D eigenvalue weighted by atomic mass is 16.5. The summed E-state index contributed by atoms with van der Waals surface area (Å²) in [5.74, 6) is 0. The summed E-state index contributed by atoms with van der Waals surface area (Å²) in [4.78, 5) is 0. The molecule has 2 heteroatoms. The van der Waals surface area contributed by atoms with Gasteiger partial charge in [0.05, 0.1) is 12.7 Å². The molecule has 0 amide bonds. The number of hydrogen-bond acceptors (Lipinski definition) is 2. The van der Waals surface area contributed by atoms with Gasteiger partial charge in [-0.15, -0.1) is 0 Å².